The molecule has 136 valence electrons. The summed E-state index contributed by atoms with van der Waals surface area (Å²) >= 11 is 0. The highest BCUT2D eigenvalue weighted by molar-refractivity contribution is 7.92. The smallest absolute Gasteiger partial charge is 0.354 e. The monoisotopic (exact) mass is 385 g/mol. The summed E-state index contributed by atoms with van der Waals surface area (Å²) in [6.07, 6.45) is -4.55. The van der Waals surface area contributed by atoms with Gasteiger partial charge in [-0.1, -0.05) is 0 Å². The number of sulfone groups is 1. The zero-order valence-corrected chi connectivity index (χ0v) is 14.1. The number of alkyl halides is 4. The first-order valence-corrected chi connectivity index (χ1v) is 8.81. The summed E-state index contributed by atoms with van der Waals surface area (Å²) in [5.41, 5.74) is -0.666. The maximum Gasteiger partial charge on any atom is 0.354 e. The first kappa shape index (κ1) is 18.2. The Morgan fingerprint density at radius 2 is 1.92 bits per heavy atom. The van der Waals surface area contributed by atoms with Crippen molar-refractivity contribution in [2.45, 2.75) is 29.9 Å². The van der Waals surface area contributed by atoms with E-state index in [1.807, 2.05) is 6.07 Å². The lowest BCUT2D eigenvalue weighted by Gasteiger charge is -2.14. The molecule has 0 saturated heterocycles. The quantitative estimate of drug-likeness (QED) is 0.729. The highest BCUT2D eigenvalue weighted by Crippen LogP contribution is 2.48. The molecule has 1 aliphatic heterocycles. The number of hydrogen-bond acceptors (Lipinski definition) is 4. The van der Waals surface area contributed by atoms with Crippen molar-refractivity contribution in [3.63, 3.8) is 0 Å². The average molecular weight is 385 g/mol. The number of fused-ring (bicyclic) bond motifs is 1. The second kappa shape index (κ2) is 5.99. The van der Waals surface area contributed by atoms with Crippen LogP contribution in [0.4, 0.5) is 17.6 Å². The lowest BCUT2D eigenvalue weighted by atomic mass is 10.0. The van der Waals surface area contributed by atoms with Crippen molar-refractivity contribution < 1.29 is 30.7 Å². The van der Waals surface area contributed by atoms with E-state index in [0.29, 0.717) is 5.56 Å². The van der Waals surface area contributed by atoms with Crippen LogP contribution in [-0.4, -0.2) is 13.7 Å². The second-order valence-corrected chi connectivity index (χ2v) is 7.86. The predicted octanol–water partition coefficient (Wildman–Crippen LogP) is 4.52. The Hall–Kier alpha value is -2.60. The maximum atomic E-state index is 13.8. The summed E-state index contributed by atoms with van der Waals surface area (Å²) in [4.78, 5) is -0.813. The molecule has 0 bridgehead atoms. The van der Waals surface area contributed by atoms with Gasteiger partial charge in [-0.2, -0.15) is 14.0 Å². The van der Waals surface area contributed by atoms with Gasteiger partial charge in [-0.3, -0.25) is 0 Å². The first-order chi connectivity index (χ1) is 12.1. The van der Waals surface area contributed by atoms with Gasteiger partial charge in [-0.05, 0) is 48.4 Å². The van der Waals surface area contributed by atoms with E-state index in [1.165, 1.54) is 12.1 Å². The van der Waals surface area contributed by atoms with Crippen LogP contribution >= 0.6 is 0 Å². The molecule has 1 heterocycles. The van der Waals surface area contributed by atoms with Crippen LogP contribution in [-0.2, 0) is 16.3 Å². The molecule has 0 spiro atoms. The van der Waals surface area contributed by atoms with Crippen LogP contribution in [0.15, 0.2) is 35.2 Å². The maximum absolute atomic E-state index is 13.8. The van der Waals surface area contributed by atoms with Crippen LogP contribution in [0.2, 0.25) is 0 Å². The van der Waals surface area contributed by atoms with Crippen molar-refractivity contribution in [2.75, 3.05) is 0 Å². The number of aryl methyl sites for hydroxylation is 1. The third kappa shape index (κ3) is 2.80. The molecule has 4 nitrogen and oxygen atoms in total. The van der Waals surface area contributed by atoms with Gasteiger partial charge >= 0.3 is 5.25 Å². The fourth-order valence-corrected chi connectivity index (χ4v) is 4.26. The minimum Gasteiger partial charge on any atom is -0.457 e. The lowest BCUT2D eigenvalue weighted by molar-refractivity contribution is 0.0960. The van der Waals surface area contributed by atoms with Crippen molar-refractivity contribution in [1.29, 1.82) is 5.26 Å². The van der Waals surface area contributed by atoms with Gasteiger partial charge in [0.15, 0.2) is 0 Å². The average Bonchev–Trinajstić information content (AvgIpc) is 2.71. The number of hydrogen-bond donors (Lipinski definition) is 0. The molecular formula is C17H11F4NO3S. The van der Waals surface area contributed by atoms with Gasteiger partial charge in [0.25, 0.3) is 6.43 Å². The van der Waals surface area contributed by atoms with E-state index >= 15 is 0 Å². The molecule has 0 amide bonds. The van der Waals surface area contributed by atoms with Crippen molar-refractivity contribution >= 4 is 9.84 Å². The number of nitrogens with zero attached hydrogens (tertiary/aromatic N) is 1. The van der Waals surface area contributed by atoms with Crippen LogP contribution in [0.25, 0.3) is 0 Å². The molecule has 9 heteroatoms. The largest absolute Gasteiger partial charge is 0.457 e. The Labute approximate surface area is 146 Å². The van der Waals surface area contributed by atoms with E-state index in [1.54, 1.807) is 13.0 Å². The number of ether oxygens (including phenoxy) is 1. The standard InChI is InChI=1S/C17H11F4NO3S/c1-9-4-10(8-22)6-11(5-9)25-13-2-3-14-12(15(13)16(18)19)7-17(20,21)26(14,23)24/h2-6,16H,7H2,1H3. The summed E-state index contributed by atoms with van der Waals surface area (Å²) < 4.78 is 83.6. The molecule has 0 fully saturated rings. The molecule has 0 radical (unpaired) electrons. The Morgan fingerprint density at radius 3 is 2.54 bits per heavy atom. The lowest BCUT2D eigenvalue weighted by Crippen LogP contribution is -2.24. The van der Waals surface area contributed by atoms with Crippen molar-refractivity contribution in [3.8, 4) is 17.6 Å². The Kier molecular flexibility index (Phi) is 4.19. The van der Waals surface area contributed by atoms with Crippen LogP contribution in [0.3, 0.4) is 0 Å². The van der Waals surface area contributed by atoms with Gasteiger partial charge in [0.2, 0.25) is 9.84 Å². The third-order valence-electron chi connectivity index (χ3n) is 3.97. The van der Waals surface area contributed by atoms with Crippen molar-refractivity contribution in [1.82, 2.24) is 0 Å². The molecule has 0 unspecified atom stereocenters. The minimum absolute atomic E-state index is 0.0658. The molecule has 2 aromatic carbocycles. The van der Waals surface area contributed by atoms with E-state index in [9.17, 15) is 26.0 Å². The molecule has 0 aliphatic carbocycles. The number of benzene rings is 2. The van der Waals surface area contributed by atoms with E-state index < -0.39 is 49.7 Å². The molecule has 3 rings (SSSR count). The topological polar surface area (TPSA) is 67.2 Å². The highest BCUT2D eigenvalue weighted by atomic mass is 32.2. The Morgan fingerprint density at radius 1 is 1.23 bits per heavy atom. The molecule has 2 aromatic rings. The predicted molar refractivity (Wildman–Crippen MR) is 83.2 cm³/mol. The van der Waals surface area contributed by atoms with E-state index in [0.717, 1.165) is 12.1 Å². The summed E-state index contributed by atoms with van der Waals surface area (Å²) in [6.45, 7) is 1.66. The summed E-state index contributed by atoms with van der Waals surface area (Å²) in [5.74, 6) is -0.364. The summed E-state index contributed by atoms with van der Waals surface area (Å²) in [5, 5.41) is 4.82. The van der Waals surface area contributed by atoms with Gasteiger partial charge in [0.1, 0.15) is 11.5 Å². The van der Waals surface area contributed by atoms with Gasteiger partial charge < -0.3 is 4.74 Å². The molecule has 0 N–H and O–H groups in total. The van der Waals surface area contributed by atoms with E-state index in [4.69, 9.17) is 10.00 Å². The van der Waals surface area contributed by atoms with Crippen LogP contribution in [0.1, 0.15) is 28.7 Å². The van der Waals surface area contributed by atoms with Crippen LogP contribution in [0.5, 0.6) is 11.5 Å². The normalized spacial score (nSPS) is 17.0. The molecule has 0 saturated carbocycles. The molecule has 0 atom stereocenters. The highest BCUT2D eigenvalue weighted by Gasteiger charge is 2.54. The van der Waals surface area contributed by atoms with Crippen LogP contribution < -0.4 is 4.74 Å². The van der Waals surface area contributed by atoms with Gasteiger partial charge in [0, 0.05) is 0 Å². The van der Waals surface area contributed by atoms with Gasteiger partial charge in [0.05, 0.1) is 28.5 Å². The molecule has 0 aromatic heterocycles. The van der Waals surface area contributed by atoms with E-state index in [2.05, 4.69) is 0 Å². The fraction of sp³-hybridized carbons (Fsp3) is 0.235. The van der Waals surface area contributed by atoms with Gasteiger partial charge in [-0.25, -0.2) is 17.2 Å². The molecule has 26 heavy (non-hydrogen) atoms. The Balaban J connectivity index is 2.15. The second-order valence-electron chi connectivity index (χ2n) is 5.82. The first-order valence-electron chi connectivity index (χ1n) is 7.33. The molecule has 1 aliphatic rings. The van der Waals surface area contributed by atoms with Crippen molar-refractivity contribution in [3.05, 3.63) is 52.6 Å². The summed E-state index contributed by atoms with van der Waals surface area (Å²) in [6, 6.07) is 7.99. The third-order valence-corrected chi connectivity index (χ3v) is 5.86. The van der Waals surface area contributed by atoms with E-state index in [-0.39, 0.29) is 11.3 Å². The Bertz CT molecular complexity index is 1040. The number of nitriles is 1. The van der Waals surface area contributed by atoms with Crippen LogP contribution in [0, 0.1) is 18.3 Å². The summed E-state index contributed by atoms with van der Waals surface area (Å²) in [7, 11) is -5.01. The number of rotatable bonds is 3. The number of halogens is 4. The molecular weight excluding hydrogens is 374 g/mol. The fourth-order valence-electron chi connectivity index (χ4n) is 2.85. The SMILES string of the molecule is Cc1cc(C#N)cc(Oc2ccc3c(c2C(F)F)CC(F)(F)S3(=O)=O)c1. The van der Waals surface area contributed by atoms with Gasteiger partial charge in [-0.15, -0.1) is 0 Å². The zero-order chi connectivity index (χ0) is 19.3. The minimum atomic E-state index is -5.01. The van der Waals surface area contributed by atoms with Crippen molar-refractivity contribution in [2.24, 2.45) is 0 Å². The zero-order valence-electron chi connectivity index (χ0n) is 13.3.